The number of piperidine rings is 1. The Bertz CT molecular complexity index is 351. The zero-order valence-corrected chi connectivity index (χ0v) is 11.6. The molecule has 3 fully saturated rings. The molecule has 2 atom stereocenters. The Hall–Kier alpha value is -0.610. The summed E-state index contributed by atoms with van der Waals surface area (Å²) >= 11 is 0. The number of likely N-dealkylation sites (tertiary alicyclic amines) is 1. The lowest BCUT2D eigenvalue weighted by molar-refractivity contribution is -0.132. The molecule has 18 heavy (non-hydrogen) atoms. The Morgan fingerprint density at radius 3 is 2.67 bits per heavy atom. The van der Waals surface area contributed by atoms with Gasteiger partial charge < -0.3 is 15.5 Å². The number of carbonyl (C=O) groups excluding carboxylic acids is 1. The van der Waals surface area contributed by atoms with Crippen molar-refractivity contribution < 1.29 is 4.79 Å². The molecule has 1 amide bonds. The molecule has 4 heteroatoms. The van der Waals surface area contributed by atoms with E-state index in [2.05, 4.69) is 22.6 Å². The molecule has 102 valence electrons. The van der Waals surface area contributed by atoms with E-state index in [4.69, 9.17) is 0 Å². The topological polar surface area (TPSA) is 44.4 Å². The van der Waals surface area contributed by atoms with E-state index in [0.717, 1.165) is 32.6 Å². The Labute approximate surface area is 109 Å². The first-order valence-corrected chi connectivity index (χ1v) is 7.24. The van der Waals surface area contributed by atoms with Gasteiger partial charge >= 0.3 is 0 Å². The zero-order valence-electron chi connectivity index (χ0n) is 11.6. The highest BCUT2D eigenvalue weighted by Gasteiger charge is 2.63. The van der Waals surface area contributed by atoms with Gasteiger partial charge in [0, 0.05) is 20.1 Å². The summed E-state index contributed by atoms with van der Waals surface area (Å²) in [5, 5.41) is 6.40. The van der Waals surface area contributed by atoms with E-state index >= 15 is 0 Å². The van der Waals surface area contributed by atoms with Gasteiger partial charge in [-0.3, -0.25) is 4.79 Å². The highest BCUT2D eigenvalue weighted by Crippen LogP contribution is 2.61. The maximum absolute atomic E-state index is 12.4. The third-order valence-corrected chi connectivity index (χ3v) is 5.80. The SMILES string of the molecule is CNC(=O)[C@@]12CCC3(CCNCC3)[C@@H]1CN(C)C2. The van der Waals surface area contributed by atoms with Crippen LogP contribution in [0.1, 0.15) is 25.7 Å². The van der Waals surface area contributed by atoms with Crippen molar-refractivity contribution in [3.63, 3.8) is 0 Å². The molecule has 0 unspecified atom stereocenters. The molecule has 2 saturated heterocycles. The van der Waals surface area contributed by atoms with E-state index in [1.165, 1.54) is 19.3 Å². The number of fused-ring (bicyclic) bond motifs is 2. The summed E-state index contributed by atoms with van der Waals surface area (Å²) in [7, 11) is 3.96. The van der Waals surface area contributed by atoms with E-state index in [9.17, 15) is 4.79 Å². The summed E-state index contributed by atoms with van der Waals surface area (Å²) in [6.07, 6.45) is 4.84. The van der Waals surface area contributed by atoms with Crippen molar-refractivity contribution in [2.45, 2.75) is 25.7 Å². The second-order valence-corrected chi connectivity index (χ2v) is 6.60. The normalized spacial score (nSPS) is 38.9. The van der Waals surface area contributed by atoms with E-state index in [1.807, 2.05) is 0 Å². The van der Waals surface area contributed by atoms with Crippen LogP contribution in [0.5, 0.6) is 0 Å². The number of carbonyl (C=O) groups is 1. The van der Waals surface area contributed by atoms with Crippen LogP contribution in [0.4, 0.5) is 0 Å². The highest BCUT2D eigenvalue weighted by atomic mass is 16.2. The molecule has 0 bridgehead atoms. The molecule has 2 heterocycles. The molecule has 0 aromatic carbocycles. The lowest BCUT2D eigenvalue weighted by Gasteiger charge is -2.41. The maximum atomic E-state index is 12.4. The number of nitrogens with zero attached hydrogens (tertiary/aromatic N) is 1. The quantitative estimate of drug-likeness (QED) is 0.711. The Kier molecular flexibility index (Phi) is 2.90. The molecule has 0 aromatic rings. The Morgan fingerprint density at radius 1 is 1.28 bits per heavy atom. The summed E-state index contributed by atoms with van der Waals surface area (Å²) in [6.45, 7) is 4.31. The molecular formula is C14H25N3O. The summed E-state index contributed by atoms with van der Waals surface area (Å²) in [4.78, 5) is 14.8. The third-order valence-electron chi connectivity index (χ3n) is 5.80. The van der Waals surface area contributed by atoms with E-state index in [0.29, 0.717) is 11.3 Å². The molecule has 1 spiro atoms. The van der Waals surface area contributed by atoms with Gasteiger partial charge in [-0.15, -0.1) is 0 Å². The molecule has 1 aliphatic carbocycles. The minimum absolute atomic E-state index is 0.0964. The second kappa shape index (κ2) is 4.20. The molecule has 4 nitrogen and oxygen atoms in total. The summed E-state index contributed by atoms with van der Waals surface area (Å²) in [6, 6.07) is 0. The average molecular weight is 251 g/mol. The lowest BCUT2D eigenvalue weighted by atomic mass is 9.66. The van der Waals surface area contributed by atoms with Crippen molar-refractivity contribution in [3.05, 3.63) is 0 Å². The fourth-order valence-electron chi connectivity index (χ4n) is 4.94. The molecule has 3 aliphatic rings. The van der Waals surface area contributed by atoms with Gasteiger partial charge in [-0.2, -0.15) is 0 Å². The van der Waals surface area contributed by atoms with Crippen LogP contribution in [0.2, 0.25) is 0 Å². The minimum Gasteiger partial charge on any atom is -0.359 e. The van der Waals surface area contributed by atoms with Crippen molar-refractivity contribution in [3.8, 4) is 0 Å². The van der Waals surface area contributed by atoms with Crippen LogP contribution in [-0.4, -0.2) is 51.1 Å². The van der Waals surface area contributed by atoms with Gasteiger partial charge in [0.1, 0.15) is 0 Å². The van der Waals surface area contributed by atoms with Crippen molar-refractivity contribution in [2.75, 3.05) is 40.3 Å². The number of rotatable bonds is 1. The van der Waals surface area contributed by atoms with E-state index in [-0.39, 0.29) is 11.3 Å². The standard InChI is InChI=1S/C14H25N3O/c1-15-12(18)14-4-3-13(5-7-16-8-6-13)11(14)9-17(2)10-14/h11,16H,3-10H2,1-2H3,(H,15,18)/t11-,14+/m0/s1. The van der Waals surface area contributed by atoms with Crippen LogP contribution in [0.3, 0.4) is 0 Å². The van der Waals surface area contributed by atoms with Gasteiger partial charge in [-0.05, 0) is 57.2 Å². The van der Waals surface area contributed by atoms with Gasteiger partial charge in [0.2, 0.25) is 5.91 Å². The highest BCUT2D eigenvalue weighted by molar-refractivity contribution is 5.84. The fraction of sp³-hybridized carbons (Fsp3) is 0.929. The number of amides is 1. The molecule has 3 rings (SSSR count). The van der Waals surface area contributed by atoms with Crippen LogP contribution in [0.25, 0.3) is 0 Å². The van der Waals surface area contributed by atoms with Gasteiger partial charge in [0.15, 0.2) is 0 Å². The van der Waals surface area contributed by atoms with Crippen LogP contribution >= 0.6 is 0 Å². The van der Waals surface area contributed by atoms with Gasteiger partial charge in [0.05, 0.1) is 5.41 Å². The van der Waals surface area contributed by atoms with Crippen LogP contribution in [0.15, 0.2) is 0 Å². The van der Waals surface area contributed by atoms with Crippen LogP contribution in [0, 0.1) is 16.7 Å². The molecule has 0 aromatic heterocycles. The van der Waals surface area contributed by atoms with Crippen molar-refractivity contribution >= 4 is 5.91 Å². The monoisotopic (exact) mass is 251 g/mol. The average Bonchev–Trinajstić information content (AvgIpc) is 2.87. The first kappa shape index (κ1) is 12.4. The van der Waals surface area contributed by atoms with E-state index in [1.54, 1.807) is 7.05 Å². The van der Waals surface area contributed by atoms with Gasteiger partial charge in [0.25, 0.3) is 0 Å². The second-order valence-electron chi connectivity index (χ2n) is 6.60. The Morgan fingerprint density at radius 2 is 2.00 bits per heavy atom. The van der Waals surface area contributed by atoms with E-state index < -0.39 is 0 Å². The summed E-state index contributed by atoms with van der Waals surface area (Å²) < 4.78 is 0. The molecule has 0 radical (unpaired) electrons. The van der Waals surface area contributed by atoms with Gasteiger partial charge in [-0.1, -0.05) is 0 Å². The van der Waals surface area contributed by atoms with Gasteiger partial charge in [-0.25, -0.2) is 0 Å². The zero-order chi connectivity index (χ0) is 12.8. The molecule has 1 saturated carbocycles. The molecule has 2 aliphatic heterocycles. The number of hydrogen-bond acceptors (Lipinski definition) is 3. The summed E-state index contributed by atoms with van der Waals surface area (Å²) in [5.74, 6) is 0.851. The molecular weight excluding hydrogens is 226 g/mol. The van der Waals surface area contributed by atoms with Crippen molar-refractivity contribution in [2.24, 2.45) is 16.7 Å². The van der Waals surface area contributed by atoms with Crippen LogP contribution in [-0.2, 0) is 4.79 Å². The Balaban J connectivity index is 1.93. The molecule has 2 N–H and O–H groups in total. The first-order chi connectivity index (χ1) is 8.63. The fourth-order valence-corrected chi connectivity index (χ4v) is 4.94. The summed E-state index contributed by atoms with van der Waals surface area (Å²) in [5.41, 5.74) is 0.337. The van der Waals surface area contributed by atoms with Crippen LogP contribution < -0.4 is 10.6 Å². The largest absolute Gasteiger partial charge is 0.359 e. The number of hydrogen-bond donors (Lipinski definition) is 2. The predicted molar refractivity (Wildman–Crippen MR) is 71.3 cm³/mol. The third kappa shape index (κ3) is 1.55. The van der Waals surface area contributed by atoms with Crippen molar-refractivity contribution in [1.82, 2.24) is 15.5 Å². The predicted octanol–water partition coefficient (Wildman–Crippen LogP) is 0.444. The first-order valence-electron chi connectivity index (χ1n) is 7.24. The number of nitrogens with one attached hydrogen (secondary N) is 2. The smallest absolute Gasteiger partial charge is 0.227 e. The maximum Gasteiger partial charge on any atom is 0.227 e. The lowest BCUT2D eigenvalue weighted by Crippen LogP contribution is -2.47. The minimum atomic E-state index is -0.0964. The van der Waals surface area contributed by atoms with Crippen molar-refractivity contribution in [1.29, 1.82) is 0 Å².